The Morgan fingerprint density at radius 3 is 2.55 bits per heavy atom. The SMILES string of the molecule is CCOc1cc(C)c(S(=O)(=O)NCC2CCOCC2)cc1C. The van der Waals surface area contributed by atoms with E-state index in [1.54, 1.807) is 19.1 Å². The summed E-state index contributed by atoms with van der Waals surface area (Å²) < 4.78 is 38.6. The summed E-state index contributed by atoms with van der Waals surface area (Å²) in [6, 6.07) is 3.48. The molecule has 1 saturated heterocycles. The van der Waals surface area contributed by atoms with Crippen molar-refractivity contribution in [3.8, 4) is 5.75 Å². The van der Waals surface area contributed by atoms with Crippen molar-refractivity contribution in [2.24, 2.45) is 5.92 Å². The monoisotopic (exact) mass is 327 g/mol. The van der Waals surface area contributed by atoms with Gasteiger partial charge >= 0.3 is 0 Å². The standard InChI is InChI=1S/C16H25NO4S/c1-4-21-15-9-13(3)16(10-12(15)2)22(18,19)17-11-14-5-7-20-8-6-14/h9-10,14,17H,4-8,11H2,1-3H3. The second-order valence-corrected chi connectivity index (χ2v) is 7.46. The van der Waals surface area contributed by atoms with E-state index < -0.39 is 10.0 Å². The molecule has 0 aromatic heterocycles. The third kappa shape index (κ3) is 4.21. The van der Waals surface area contributed by atoms with Crippen molar-refractivity contribution in [2.45, 2.75) is 38.5 Å². The minimum atomic E-state index is -3.49. The van der Waals surface area contributed by atoms with Crippen LogP contribution in [0.25, 0.3) is 0 Å². The van der Waals surface area contributed by atoms with Crippen LogP contribution in [0.4, 0.5) is 0 Å². The fourth-order valence-corrected chi connectivity index (χ4v) is 4.04. The molecule has 0 atom stereocenters. The number of hydrogen-bond donors (Lipinski definition) is 1. The second-order valence-electron chi connectivity index (χ2n) is 5.72. The number of sulfonamides is 1. The molecule has 0 saturated carbocycles. The quantitative estimate of drug-likeness (QED) is 0.871. The van der Waals surface area contributed by atoms with Gasteiger partial charge in [-0.15, -0.1) is 0 Å². The van der Waals surface area contributed by atoms with E-state index in [1.807, 2.05) is 13.8 Å². The normalized spacial score (nSPS) is 16.7. The van der Waals surface area contributed by atoms with Crippen LogP contribution in [-0.2, 0) is 14.8 Å². The van der Waals surface area contributed by atoms with Crippen LogP contribution >= 0.6 is 0 Å². The van der Waals surface area contributed by atoms with Gasteiger partial charge in [0, 0.05) is 19.8 Å². The van der Waals surface area contributed by atoms with E-state index >= 15 is 0 Å². The Balaban J connectivity index is 2.12. The van der Waals surface area contributed by atoms with E-state index in [0.717, 1.165) is 24.2 Å². The van der Waals surface area contributed by atoms with E-state index in [2.05, 4.69) is 4.72 Å². The molecule has 22 heavy (non-hydrogen) atoms. The summed E-state index contributed by atoms with van der Waals surface area (Å²) >= 11 is 0. The number of rotatable bonds is 6. The molecule has 0 spiro atoms. The number of benzene rings is 1. The van der Waals surface area contributed by atoms with E-state index in [9.17, 15) is 8.42 Å². The summed E-state index contributed by atoms with van der Waals surface area (Å²) in [6.07, 6.45) is 1.81. The number of aryl methyl sites for hydroxylation is 2. The highest BCUT2D eigenvalue weighted by Crippen LogP contribution is 2.26. The zero-order valence-corrected chi connectivity index (χ0v) is 14.3. The van der Waals surface area contributed by atoms with Gasteiger partial charge in [0.1, 0.15) is 5.75 Å². The van der Waals surface area contributed by atoms with Gasteiger partial charge < -0.3 is 9.47 Å². The summed E-state index contributed by atoms with van der Waals surface area (Å²) in [6.45, 7) is 8.04. The lowest BCUT2D eigenvalue weighted by atomic mass is 10.0. The fraction of sp³-hybridized carbons (Fsp3) is 0.625. The zero-order chi connectivity index (χ0) is 16.2. The van der Waals surface area contributed by atoms with Crippen molar-refractivity contribution in [2.75, 3.05) is 26.4 Å². The van der Waals surface area contributed by atoms with Crippen LogP contribution in [0.2, 0.25) is 0 Å². The van der Waals surface area contributed by atoms with Crippen molar-refractivity contribution < 1.29 is 17.9 Å². The third-order valence-electron chi connectivity index (χ3n) is 3.96. The summed E-state index contributed by atoms with van der Waals surface area (Å²) in [7, 11) is -3.49. The van der Waals surface area contributed by atoms with Gasteiger partial charge in [0.2, 0.25) is 10.0 Å². The zero-order valence-electron chi connectivity index (χ0n) is 13.5. The summed E-state index contributed by atoms with van der Waals surface area (Å²) in [5.74, 6) is 1.09. The highest BCUT2D eigenvalue weighted by atomic mass is 32.2. The van der Waals surface area contributed by atoms with Crippen molar-refractivity contribution >= 4 is 10.0 Å². The smallest absolute Gasteiger partial charge is 0.240 e. The van der Waals surface area contributed by atoms with Gasteiger partial charge in [-0.3, -0.25) is 0 Å². The molecule has 2 rings (SSSR count). The lowest BCUT2D eigenvalue weighted by molar-refractivity contribution is 0.0678. The van der Waals surface area contributed by atoms with Crippen LogP contribution in [-0.4, -0.2) is 34.8 Å². The Kier molecular flexibility index (Phi) is 5.83. The van der Waals surface area contributed by atoms with E-state index in [-0.39, 0.29) is 0 Å². The molecule has 1 heterocycles. The minimum absolute atomic E-state index is 0.334. The van der Waals surface area contributed by atoms with Crippen LogP contribution in [0.1, 0.15) is 30.9 Å². The van der Waals surface area contributed by atoms with Crippen LogP contribution in [0.15, 0.2) is 17.0 Å². The van der Waals surface area contributed by atoms with E-state index in [4.69, 9.17) is 9.47 Å². The van der Waals surface area contributed by atoms with Crippen LogP contribution < -0.4 is 9.46 Å². The Morgan fingerprint density at radius 2 is 1.91 bits per heavy atom. The molecule has 1 aromatic rings. The number of nitrogens with one attached hydrogen (secondary N) is 1. The van der Waals surface area contributed by atoms with Gasteiger partial charge in [-0.2, -0.15) is 0 Å². The molecular weight excluding hydrogens is 302 g/mol. The molecule has 1 aliphatic rings. The first kappa shape index (κ1) is 17.2. The van der Waals surface area contributed by atoms with Gasteiger partial charge in [-0.1, -0.05) is 0 Å². The molecule has 1 aromatic carbocycles. The second kappa shape index (κ2) is 7.44. The van der Waals surface area contributed by atoms with Gasteiger partial charge in [-0.25, -0.2) is 13.1 Å². The van der Waals surface area contributed by atoms with Gasteiger partial charge in [0.05, 0.1) is 11.5 Å². The lowest BCUT2D eigenvalue weighted by Crippen LogP contribution is -2.32. The molecule has 0 unspecified atom stereocenters. The van der Waals surface area contributed by atoms with Gasteiger partial charge in [0.15, 0.2) is 0 Å². The maximum absolute atomic E-state index is 12.5. The first-order chi connectivity index (χ1) is 10.4. The average molecular weight is 327 g/mol. The molecule has 0 bridgehead atoms. The average Bonchev–Trinajstić information content (AvgIpc) is 2.50. The molecule has 1 fully saturated rings. The molecule has 6 heteroatoms. The fourth-order valence-electron chi connectivity index (χ4n) is 2.62. The summed E-state index contributed by atoms with van der Waals surface area (Å²) in [5.41, 5.74) is 1.53. The Labute approximate surface area is 133 Å². The van der Waals surface area contributed by atoms with E-state index in [0.29, 0.717) is 42.7 Å². The summed E-state index contributed by atoms with van der Waals surface area (Å²) in [5, 5.41) is 0. The lowest BCUT2D eigenvalue weighted by Gasteiger charge is -2.22. The van der Waals surface area contributed by atoms with Gasteiger partial charge in [0.25, 0.3) is 0 Å². The van der Waals surface area contributed by atoms with Crippen LogP contribution in [0.3, 0.4) is 0 Å². The molecule has 1 N–H and O–H groups in total. The maximum Gasteiger partial charge on any atom is 0.240 e. The molecular formula is C16H25NO4S. The van der Waals surface area contributed by atoms with Crippen molar-refractivity contribution in [1.82, 2.24) is 4.72 Å². The predicted molar refractivity (Wildman–Crippen MR) is 85.8 cm³/mol. The Hall–Kier alpha value is -1.11. The maximum atomic E-state index is 12.5. The van der Waals surface area contributed by atoms with Crippen molar-refractivity contribution in [1.29, 1.82) is 0 Å². The molecule has 0 amide bonds. The number of ether oxygens (including phenoxy) is 2. The van der Waals surface area contributed by atoms with Crippen molar-refractivity contribution in [3.63, 3.8) is 0 Å². The first-order valence-corrected chi connectivity index (χ1v) is 9.24. The Bertz CT molecular complexity index is 607. The van der Waals surface area contributed by atoms with Crippen molar-refractivity contribution in [3.05, 3.63) is 23.3 Å². The molecule has 1 aliphatic heterocycles. The molecule has 5 nitrogen and oxygen atoms in total. The predicted octanol–water partition coefficient (Wildman–Crippen LogP) is 2.41. The largest absolute Gasteiger partial charge is 0.494 e. The topological polar surface area (TPSA) is 64.6 Å². The van der Waals surface area contributed by atoms with Gasteiger partial charge in [-0.05, 0) is 62.8 Å². The first-order valence-electron chi connectivity index (χ1n) is 7.75. The highest BCUT2D eigenvalue weighted by Gasteiger charge is 2.21. The molecule has 0 aliphatic carbocycles. The number of hydrogen-bond acceptors (Lipinski definition) is 4. The minimum Gasteiger partial charge on any atom is -0.494 e. The Morgan fingerprint density at radius 1 is 1.23 bits per heavy atom. The highest BCUT2D eigenvalue weighted by molar-refractivity contribution is 7.89. The molecule has 124 valence electrons. The molecule has 0 radical (unpaired) electrons. The summed E-state index contributed by atoms with van der Waals surface area (Å²) in [4.78, 5) is 0.334. The third-order valence-corrected chi connectivity index (χ3v) is 5.53. The van der Waals surface area contributed by atoms with E-state index in [1.165, 1.54) is 0 Å². The van der Waals surface area contributed by atoms with Crippen LogP contribution in [0.5, 0.6) is 5.75 Å². The van der Waals surface area contributed by atoms with Crippen LogP contribution in [0, 0.1) is 19.8 Å².